The molecule has 0 N–H and O–H groups in total. The Labute approximate surface area is 152 Å². The molecule has 1 spiro atoms. The highest BCUT2D eigenvalue weighted by atomic mass is 32.2. The average molecular weight is 385 g/mol. The first kappa shape index (κ1) is 17.4. The fourth-order valence-electron chi connectivity index (χ4n) is 4.16. The van der Waals surface area contributed by atoms with E-state index in [-0.39, 0.29) is 23.5 Å². The van der Waals surface area contributed by atoms with Crippen molar-refractivity contribution in [3.63, 3.8) is 0 Å². The van der Waals surface area contributed by atoms with Gasteiger partial charge < -0.3 is 9.64 Å². The molecule has 3 fully saturated rings. The quantitative estimate of drug-likeness (QED) is 0.773. The Morgan fingerprint density at radius 3 is 2.76 bits per heavy atom. The minimum Gasteiger partial charge on any atom is -0.375 e. The average Bonchev–Trinajstić information content (AvgIpc) is 2.96. The fraction of sp³-hybridized carbons (Fsp3) is 0.765. The number of rotatable bonds is 5. The van der Waals surface area contributed by atoms with Gasteiger partial charge >= 0.3 is 0 Å². The van der Waals surface area contributed by atoms with E-state index in [1.807, 2.05) is 12.3 Å². The number of sulfone groups is 1. The maximum atomic E-state index is 12.6. The first-order valence-corrected chi connectivity index (χ1v) is 11.4. The van der Waals surface area contributed by atoms with Gasteiger partial charge in [0.2, 0.25) is 5.91 Å². The SMILES string of the molecule is Cc1nc(COCC2CCS(=O)(=O)C23CN(C(=O)C2CCC2)C3)cs1. The first-order valence-electron chi connectivity index (χ1n) is 8.91. The maximum Gasteiger partial charge on any atom is 0.225 e. The summed E-state index contributed by atoms with van der Waals surface area (Å²) in [6.07, 6.45) is 3.65. The van der Waals surface area contributed by atoms with Gasteiger partial charge in [-0.2, -0.15) is 0 Å². The summed E-state index contributed by atoms with van der Waals surface area (Å²) in [6, 6.07) is 0. The zero-order valence-corrected chi connectivity index (χ0v) is 16.1. The Bertz CT molecular complexity index is 763. The van der Waals surface area contributed by atoms with Gasteiger partial charge in [-0.15, -0.1) is 11.3 Å². The van der Waals surface area contributed by atoms with Crippen LogP contribution in [0.1, 0.15) is 36.4 Å². The van der Waals surface area contributed by atoms with Crippen LogP contribution in [0.25, 0.3) is 0 Å². The molecule has 1 aromatic heterocycles. The van der Waals surface area contributed by atoms with Crippen LogP contribution in [0.5, 0.6) is 0 Å². The van der Waals surface area contributed by atoms with Crippen molar-refractivity contribution < 1.29 is 17.9 Å². The molecule has 2 aliphatic heterocycles. The highest BCUT2D eigenvalue weighted by molar-refractivity contribution is 7.93. The molecule has 0 radical (unpaired) electrons. The number of nitrogens with zero attached hydrogens (tertiary/aromatic N) is 2. The number of aryl methyl sites for hydroxylation is 1. The lowest BCUT2D eigenvalue weighted by Crippen LogP contribution is -2.69. The van der Waals surface area contributed by atoms with E-state index in [2.05, 4.69) is 4.98 Å². The molecule has 3 aliphatic rings. The Morgan fingerprint density at radius 2 is 2.16 bits per heavy atom. The van der Waals surface area contributed by atoms with Crippen molar-refractivity contribution in [1.29, 1.82) is 0 Å². The molecule has 8 heteroatoms. The number of ether oxygens (including phenoxy) is 1. The second-order valence-electron chi connectivity index (χ2n) is 7.56. The van der Waals surface area contributed by atoms with E-state index in [0.717, 1.165) is 30.0 Å². The van der Waals surface area contributed by atoms with Crippen LogP contribution in [0.4, 0.5) is 0 Å². The number of carbonyl (C=O) groups excluding carboxylic acids is 1. The molecule has 6 nitrogen and oxygen atoms in total. The van der Waals surface area contributed by atoms with Crippen molar-refractivity contribution in [3.8, 4) is 0 Å². The lowest BCUT2D eigenvalue weighted by Gasteiger charge is -2.51. The standard InChI is InChI=1S/C17H24N2O4S2/c1-12-18-15(9-24-12)8-23-7-14-5-6-25(21,22)17(14)10-19(11-17)16(20)13-3-2-4-13/h9,13-14H,2-8,10-11H2,1H3. The van der Waals surface area contributed by atoms with Crippen LogP contribution in [0, 0.1) is 18.8 Å². The summed E-state index contributed by atoms with van der Waals surface area (Å²) in [4.78, 5) is 18.5. The van der Waals surface area contributed by atoms with Crippen molar-refractivity contribution in [2.75, 3.05) is 25.4 Å². The number of thiazole rings is 1. The molecule has 3 heterocycles. The summed E-state index contributed by atoms with van der Waals surface area (Å²) < 4.78 is 30.3. The molecule has 138 valence electrons. The highest BCUT2D eigenvalue weighted by Gasteiger charge is 2.62. The van der Waals surface area contributed by atoms with Gasteiger partial charge in [-0.3, -0.25) is 4.79 Å². The first-order chi connectivity index (χ1) is 11.9. The predicted molar refractivity (Wildman–Crippen MR) is 95.1 cm³/mol. The molecule has 1 unspecified atom stereocenters. The Kier molecular flexibility index (Phi) is 4.40. The minimum atomic E-state index is -3.16. The van der Waals surface area contributed by atoms with Crippen LogP contribution in [-0.4, -0.2) is 54.4 Å². The van der Waals surface area contributed by atoms with Gasteiger partial charge in [0, 0.05) is 30.3 Å². The monoisotopic (exact) mass is 384 g/mol. The molecule has 25 heavy (non-hydrogen) atoms. The summed E-state index contributed by atoms with van der Waals surface area (Å²) in [7, 11) is -3.16. The Hall–Kier alpha value is -0.990. The Morgan fingerprint density at radius 1 is 1.40 bits per heavy atom. The molecule has 2 saturated heterocycles. The number of likely N-dealkylation sites (tertiary alicyclic amines) is 1. The zero-order chi connectivity index (χ0) is 17.7. The Balaban J connectivity index is 1.37. The van der Waals surface area contributed by atoms with Gasteiger partial charge in [-0.1, -0.05) is 6.42 Å². The number of hydrogen-bond donors (Lipinski definition) is 0. The summed E-state index contributed by atoms with van der Waals surface area (Å²) in [5.74, 6) is 0.464. The topological polar surface area (TPSA) is 76.6 Å². The van der Waals surface area contributed by atoms with Crippen LogP contribution in [0.2, 0.25) is 0 Å². The van der Waals surface area contributed by atoms with Crippen LogP contribution in [-0.2, 0) is 26.0 Å². The summed E-state index contributed by atoms with van der Waals surface area (Å²) in [5.41, 5.74) is 0.896. The van der Waals surface area contributed by atoms with Crippen LogP contribution >= 0.6 is 11.3 Å². The van der Waals surface area contributed by atoms with Gasteiger partial charge in [0.15, 0.2) is 9.84 Å². The number of carbonyl (C=O) groups is 1. The highest BCUT2D eigenvalue weighted by Crippen LogP contribution is 2.46. The molecule has 1 saturated carbocycles. The lowest BCUT2D eigenvalue weighted by molar-refractivity contribution is -0.145. The molecule has 4 rings (SSSR count). The summed E-state index contributed by atoms with van der Waals surface area (Å²) in [6.45, 7) is 3.50. The third-order valence-electron chi connectivity index (χ3n) is 6.02. The molecule has 0 bridgehead atoms. The molecular weight excluding hydrogens is 360 g/mol. The van der Waals surface area contributed by atoms with Crippen LogP contribution in [0.3, 0.4) is 0 Å². The van der Waals surface area contributed by atoms with Crippen molar-refractivity contribution in [2.24, 2.45) is 11.8 Å². The van der Waals surface area contributed by atoms with E-state index < -0.39 is 14.6 Å². The third kappa shape index (κ3) is 2.92. The lowest BCUT2D eigenvalue weighted by atomic mass is 9.79. The third-order valence-corrected chi connectivity index (χ3v) is 9.44. The zero-order valence-electron chi connectivity index (χ0n) is 14.4. The molecule has 1 amide bonds. The van der Waals surface area contributed by atoms with E-state index in [9.17, 15) is 13.2 Å². The smallest absolute Gasteiger partial charge is 0.225 e. The molecule has 0 aromatic carbocycles. The van der Waals surface area contributed by atoms with Gasteiger partial charge in [0.05, 0.1) is 29.7 Å². The van der Waals surface area contributed by atoms with E-state index in [1.54, 1.807) is 16.2 Å². The van der Waals surface area contributed by atoms with Crippen molar-refractivity contribution in [2.45, 2.75) is 44.0 Å². The van der Waals surface area contributed by atoms with E-state index in [1.165, 1.54) is 0 Å². The summed E-state index contributed by atoms with van der Waals surface area (Å²) >= 11 is 1.58. The van der Waals surface area contributed by atoms with E-state index >= 15 is 0 Å². The predicted octanol–water partition coefficient (Wildman–Crippen LogP) is 1.78. The van der Waals surface area contributed by atoms with E-state index in [4.69, 9.17) is 4.74 Å². The largest absolute Gasteiger partial charge is 0.375 e. The van der Waals surface area contributed by atoms with Crippen molar-refractivity contribution in [3.05, 3.63) is 16.1 Å². The molecule has 1 aliphatic carbocycles. The van der Waals surface area contributed by atoms with Crippen molar-refractivity contribution in [1.82, 2.24) is 9.88 Å². The molecule has 1 aromatic rings. The van der Waals surface area contributed by atoms with Gasteiger partial charge in [0.25, 0.3) is 0 Å². The number of hydrogen-bond acceptors (Lipinski definition) is 6. The van der Waals surface area contributed by atoms with Gasteiger partial charge in [0.1, 0.15) is 4.75 Å². The van der Waals surface area contributed by atoms with Crippen LogP contribution in [0.15, 0.2) is 5.38 Å². The van der Waals surface area contributed by atoms with Gasteiger partial charge in [-0.05, 0) is 26.2 Å². The fourth-order valence-corrected chi connectivity index (χ4v) is 7.15. The maximum absolute atomic E-state index is 12.6. The normalized spacial score (nSPS) is 27.2. The minimum absolute atomic E-state index is 0.0253. The second kappa shape index (κ2) is 6.32. The summed E-state index contributed by atoms with van der Waals surface area (Å²) in [5, 5.41) is 2.97. The van der Waals surface area contributed by atoms with Crippen LogP contribution < -0.4 is 0 Å². The number of amides is 1. The molecular formula is C17H24N2O4S2. The number of aromatic nitrogens is 1. The second-order valence-corrected chi connectivity index (χ2v) is 11.1. The van der Waals surface area contributed by atoms with Crippen molar-refractivity contribution >= 4 is 27.1 Å². The van der Waals surface area contributed by atoms with E-state index in [0.29, 0.717) is 32.7 Å². The molecule has 1 atom stereocenters. The van der Waals surface area contributed by atoms with Gasteiger partial charge in [-0.25, -0.2) is 13.4 Å².